The molecule has 0 fully saturated rings. The van der Waals surface area contributed by atoms with E-state index in [1.807, 2.05) is 0 Å². The van der Waals surface area contributed by atoms with E-state index in [0.29, 0.717) is 22.6 Å². The fraction of sp³-hybridized carbons (Fsp3) is 0.261. The van der Waals surface area contributed by atoms with E-state index < -0.39 is 21.8 Å². The lowest BCUT2D eigenvalue weighted by molar-refractivity contribution is 0.0986. The number of Topliss-reactive ketones (excluding diaryl/α,β-unsaturated/α-hetero) is 1. The lowest BCUT2D eigenvalue weighted by Crippen LogP contribution is -2.11. The molecule has 0 bridgehead atoms. The van der Waals surface area contributed by atoms with E-state index in [4.69, 9.17) is 8.92 Å². The number of rotatable bonds is 10. The van der Waals surface area contributed by atoms with Crippen LogP contribution in [0.4, 0.5) is 8.78 Å². The molecule has 0 saturated heterocycles. The van der Waals surface area contributed by atoms with Crippen LogP contribution in [-0.4, -0.2) is 46.2 Å². The van der Waals surface area contributed by atoms with Gasteiger partial charge in [0.1, 0.15) is 23.9 Å². The fourth-order valence-electron chi connectivity index (χ4n) is 3.60. The number of aromatic nitrogens is 4. The highest BCUT2D eigenvalue weighted by atomic mass is 32.2. The number of hydrogen-bond donors (Lipinski definition) is 0. The van der Waals surface area contributed by atoms with E-state index in [2.05, 4.69) is 10.1 Å². The maximum Gasteiger partial charge on any atom is 0.264 e. The van der Waals surface area contributed by atoms with Gasteiger partial charge in [0.15, 0.2) is 17.2 Å². The van der Waals surface area contributed by atoms with Gasteiger partial charge in [-0.3, -0.25) is 18.1 Å². The van der Waals surface area contributed by atoms with Crippen LogP contribution < -0.4 is 4.74 Å². The maximum atomic E-state index is 13.9. The number of aryl methyl sites for hydroxylation is 1. The zero-order valence-corrected chi connectivity index (χ0v) is 19.8. The SMILES string of the molecule is Cc1nc2c(OCc3c(F)cccc3F)cccn2c1C(=O)Cc1cnn(CCOS(C)(=O)=O)c1. The van der Waals surface area contributed by atoms with Gasteiger partial charge in [-0.15, -0.1) is 0 Å². The average molecular weight is 505 g/mol. The summed E-state index contributed by atoms with van der Waals surface area (Å²) in [6, 6.07) is 6.84. The first-order valence-electron chi connectivity index (χ1n) is 10.5. The first-order chi connectivity index (χ1) is 16.6. The number of pyridine rings is 1. The van der Waals surface area contributed by atoms with Gasteiger partial charge in [0.2, 0.25) is 0 Å². The molecule has 0 atom stereocenters. The van der Waals surface area contributed by atoms with E-state index in [9.17, 15) is 22.0 Å². The number of ketones is 1. The van der Waals surface area contributed by atoms with Crippen molar-refractivity contribution < 1.29 is 30.9 Å². The van der Waals surface area contributed by atoms with Crippen LogP contribution in [0.5, 0.6) is 5.75 Å². The lowest BCUT2D eigenvalue weighted by atomic mass is 10.1. The third-order valence-electron chi connectivity index (χ3n) is 5.16. The molecule has 4 aromatic rings. The molecule has 0 spiro atoms. The smallest absolute Gasteiger partial charge is 0.264 e. The average Bonchev–Trinajstić information content (AvgIpc) is 3.35. The Morgan fingerprint density at radius 1 is 1.14 bits per heavy atom. The monoisotopic (exact) mass is 504 g/mol. The molecule has 184 valence electrons. The van der Waals surface area contributed by atoms with Crippen LogP contribution >= 0.6 is 0 Å². The summed E-state index contributed by atoms with van der Waals surface area (Å²) >= 11 is 0. The van der Waals surface area contributed by atoms with Crippen molar-refractivity contribution >= 4 is 21.5 Å². The van der Waals surface area contributed by atoms with Gasteiger partial charge in [-0.25, -0.2) is 13.8 Å². The molecular weight excluding hydrogens is 482 g/mol. The van der Waals surface area contributed by atoms with E-state index >= 15 is 0 Å². The molecule has 0 aliphatic carbocycles. The van der Waals surface area contributed by atoms with E-state index in [1.165, 1.54) is 16.9 Å². The predicted octanol–water partition coefficient (Wildman–Crippen LogP) is 3.10. The van der Waals surface area contributed by atoms with Crippen LogP contribution in [0.25, 0.3) is 5.65 Å². The Labute approximate surface area is 200 Å². The summed E-state index contributed by atoms with van der Waals surface area (Å²) in [6.45, 7) is 1.49. The molecule has 0 radical (unpaired) electrons. The second-order valence-corrected chi connectivity index (χ2v) is 9.48. The molecule has 0 aliphatic heterocycles. The van der Waals surface area contributed by atoms with Crippen LogP contribution in [0.2, 0.25) is 0 Å². The largest absolute Gasteiger partial charge is 0.485 e. The number of hydrogen-bond acceptors (Lipinski definition) is 7. The molecule has 4 rings (SSSR count). The maximum absolute atomic E-state index is 13.9. The minimum absolute atomic E-state index is 0.0348. The third-order valence-corrected chi connectivity index (χ3v) is 5.75. The number of halogens is 2. The Kier molecular flexibility index (Phi) is 6.94. The molecule has 9 nitrogen and oxygen atoms in total. The van der Waals surface area contributed by atoms with Crippen molar-refractivity contribution in [2.45, 2.75) is 26.5 Å². The van der Waals surface area contributed by atoms with E-state index in [-0.39, 0.29) is 43.3 Å². The van der Waals surface area contributed by atoms with Crippen molar-refractivity contribution in [1.29, 1.82) is 0 Å². The number of carbonyl (C=O) groups is 1. The normalized spacial score (nSPS) is 11.8. The number of imidazole rings is 1. The molecular formula is C23H22F2N4O5S. The van der Waals surface area contributed by atoms with Crippen molar-refractivity contribution in [3.05, 3.63) is 83.1 Å². The lowest BCUT2D eigenvalue weighted by Gasteiger charge is -2.09. The van der Waals surface area contributed by atoms with Gasteiger partial charge in [0.25, 0.3) is 10.1 Å². The van der Waals surface area contributed by atoms with Crippen molar-refractivity contribution in [2.24, 2.45) is 0 Å². The highest BCUT2D eigenvalue weighted by Crippen LogP contribution is 2.25. The Bertz CT molecular complexity index is 1480. The molecule has 3 heterocycles. The Hall–Kier alpha value is -3.64. The van der Waals surface area contributed by atoms with Gasteiger partial charge < -0.3 is 4.74 Å². The Morgan fingerprint density at radius 2 is 1.89 bits per heavy atom. The first-order valence-corrected chi connectivity index (χ1v) is 12.4. The molecule has 0 saturated carbocycles. The quantitative estimate of drug-likeness (QED) is 0.241. The van der Waals surface area contributed by atoms with E-state index in [0.717, 1.165) is 18.4 Å². The van der Waals surface area contributed by atoms with Gasteiger partial charge in [-0.2, -0.15) is 13.5 Å². The molecule has 3 aromatic heterocycles. The van der Waals surface area contributed by atoms with Crippen LogP contribution in [0.3, 0.4) is 0 Å². The number of nitrogens with zero attached hydrogens (tertiary/aromatic N) is 4. The van der Waals surface area contributed by atoms with Gasteiger partial charge >= 0.3 is 0 Å². The predicted molar refractivity (Wildman–Crippen MR) is 122 cm³/mol. The summed E-state index contributed by atoms with van der Waals surface area (Å²) < 4.78 is 63.4. The Balaban J connectivity index is 1.50. The van der Waals surface area contributed by atoms with Crippen molar-refractivity contribution in [3.8, 4) is 5.75 Å². The highest BCUT2D eigenvalue weighted by molar-refractivity contribution is 7.85. The van der Waals surface area contributed by atoms with Crippen LogP contribution in [0, 0.1) is 18.6 Å². The molecule has 0 N–H and O–H groups in total. The van der Waals surface area contributed by atoms with Gasteiger partial charge in [0.05, 0.1) is 36.9 Å². The second kappa shape index (κ2) is 9.92. The minimum Gasteiger partial charge on any atom is -0.485 e. The van der Waals surface area contributed by atoms with Crippen LogP contribution in [0.15, 0.2) is 48.9 Å². The summed E-state index contributed by atoms with van der Waals surface area (Å²) in [5, 5.41) is 4.12. The molecule has 0 unspecified atom stereocenters. The third kappa shape index (κ3) is 5.72. The zero-order chi connectivity index (χ0) is 25.2. The first kappa shape index (κ1) is 24.5. The van der Waals surface area contributed by atoms with Crippen molar-refractivity contribution in [3.63, 3.8) is 0 Å². The summed E-state index contributed by atoms with van der Waals surface area (Å²) in [4.78, 5) is 17.5. The second-order valence-electron chi connectivity index (χ2n) is 7.84. The van der Waals surface area contributed by atoms with Crippen LogP contribution in [0.1, 0.15) is 27.3 Å². The fourth-order valence-corrected chi connectivity index (χ4v) is 3.97. The number of ether oxygens (including phenoxy) is 1. The van der Waals surface area contributed by atoms with Crippen molar-refractivity contribution in [2.75, 3.05) is 12.9 Å². The zero-order valence-electron chi connectivity index (χ0n) is 18.9. The van der Waals surface area contributed by atoms with E-state index in [1.54, 1.807) is 35.9 Å². The summed E-state index contributed by atoms with van der Waals surface area (Å²) in [7, 11) is -3.54. The summed E-state index contributed by atoms with van der Waals surface area (Å²) in [5.41, 5.74) is 1.59. The summed E-state index contributed by atoms with van der Waals surface area (Å²) in [6.07, 6.45) is 5.82. The molecule has 1 aromatic carbocycles. The number of carbonyl (C=O) groups excluding carboxylic acids is 1. The summed E-state index contributed by atoms with van der Waals surface area (Å²) in [5.74, 6) is -1.37. The van der Waals surface area contributed by atoms with Gasteiger partial charge in [-0.05, 0) is 36.8 Å². The molecule has 0 amide bonds. The van der Waals surface area contributed by atoms with Gasteiger partial charge in [-0.1, -0.05) is 6.07 Å². The Morgan fingerprint density at radius 3 is 2.60 bits per heavy atom. The van der Waals surface area contributed by atoms with Crippen LogP contribution in [-0.2, 0) is 33.9 Å². The van der Waals surface area contributed by atoms with Gasteiger partial charge in [0, 0.05) is 18.8 Å². The molecule has 35 heavy (non-hydrogen) atoms. The molecule has 12 heteroatoms. The topological polar surface area (TPSA) is 105 Å². The standard InChI is InChI=1S/C23H22F2N4O5S/c1-15-22(20(30)11-16-12-26-28(13-16)9-10-34-35(2,31)32)29-8-4-7-21(23(29)27-15)33-14-17-18(24)5-3-6-19(17)25/h3-8,12-13H,9-11,14H2,1-2H3. The van der Waals surface area contributed by atoms with Crippen molar-refractivity contribution in [1.82, 2.24) is 19.2 Å². The minimum atomic E-state index is -3.54. The molecule has 0 aliphatic rings. The highest BCUT2D eigenvalue weighted by Gasteiger charge is 2.20. The number of fused-ring (bicyclic) bond motifs is 1. The number of benzene rings is 1.